The van der Waals surface area contributed by atoms with Crippen LogP contribution >= 0.6 is 15.9 Å². The lowest BCUT2D eigenvalue weighted by Gasteiger charge is -2.08. The molecule has 0 aliphatic carbocycles. The van der Waals surface area contributed by atoms with E-state index in [2.05, 4.69) is 26.5 Å². The highest BCUT2D eigenvalue weighted by Crippen LogP contribution is 2.22. The molecule has 4 aromatic carbocycles. The Hall–Kier alpha value is -4.82. The average Bonchev–Trinajstić information content (AvgIpc) is 2.94. The van der Waals surface area contributed by atoms with E-state index in [1.165, 1.54) is 18.4 Å². The number of benzene rings is 4. The van der Waals surface area contributed by atoms with Crippen LogP contribution in [0.1, 0.15) is 37.4 Å². The minimum Gasteiger partial charge on any atom is -0.423 e. The summed E-state index contributed by atoms with van der Waals surface area (Å²) >= 11 is 3.33. The summed E-state index contributed by atoms with van der Waals surface area (Å²) in [6.45, 7) is 1.93. The molecular weight excluding hydrogens is 560 g/mol. The number of hydrogen-bond donors (Lipinski definition) is 1. The first-order valence-electron chi connectivity index (χ1n) is 11.8. The van der Waals surface area contributed by atoms with Crippen LogP contribution < -0.4 is 14.9 Å². The van der Waals surface area contributed by atoms with Crippen LogP contribution in [-0.2, 0) is 4.79 Å². The molecule has 0 aromatic heterocycles. The molecule has 0 saturated carbocycles. The van der Waals surface area contributed by atoms with E-state index in [0.29, 0.717) is 28.0 Å². The molecule has 0 radical (unpaired) electrons. The van der Waals surface area contributed by atoms with Crippen LogP contribution in [0.5, 0.6) is 11.5 Å². The Labute approximate surface area is 233 Å². The number of carbonyl (C=O) groups excluding carboxylic acids is 3. The van der Waals surface area contributed by atoms with Crippen molar-refractivity contribution >= 4 is 46.1 Å². The average molecular weight is 583 g/mol. The third-order valence-electron chi connectivity index (χ3n) is 5.41. The number of carbonyl (C=O) groups is 3. The predicted molar refractivity (Wildman–Crippen MR) is 153 cm³/mol. The summed E-state index contributed by atoms with van der Waals surface area (Å²) < 4.78 is 11.9. The molecule has 0 heterocycles. The van der Waals surface area contributed by atoms with E-state index in [1.807, 2.05) is 19.1 Å². The summed E-state index contributed by atoms with van der Waals surface area (Å²) in [7, 11) is 0. The number of para-hydroxylation sites is 2. The molecule has 0 aliphatic heterocycles. The van der Waals surface area contributed by atoms with Crippen molar-refractivity contribution in [2.45, 2.75) is 6.92 Å². The second-order valence-electron chi connectivity index (χ2n) is 8.29. The number of esters is 2. The van der Waals surface area contributed by atoms with Gasteiger partial charge in [0.05, 0.1) is 11.8 Å². The lowest BCUT2D eigenvalue weighted by molar-refractivity contribution is -0.128. The Balaban J connectivity index is 1.40. The van der Waals surface area contributed by atoms with Crippen molar-refractivity contribution in [3.8, 4) is 11.5 Å². The Morgan fingerprint density at radius 1 is 0.744 bits per heavy atom. The highest BCUT2D eigenvalue weighted by atomic mass is 79.9. The molecule has 194 valence electrons. The molecule has 0 unspecified atom stereocenters. The predicted octanol–water partition coefficient (Wildman–Crippen LogP) is 6.36. The smallest absolute Gasteiger partial charge is 0.343 e. The molecule has 8 heteroatoms. The van der Waals surface area contributed by atoms with Gasteiger partial charge < -0.3 is 9.47 Å². The van der Waals surface area contributed by atoms with Crippen LogP contribution in [-0.4, -0.2) is 24.1 Å². The summed E-state index contributed by atoms with van der Waals surface area (Å²) in [5, 5.41) is 3.98. The zero-order valence-electron chi connectivity index (χ0n) is 20.8. The van der Waals surface area contributed by atoms with Gasteiger partial charge in [0, 0.05) is 27.2 Å². The van der Waals surface area contributed by atoms with Crippen molar-refractivity contribution < 1.29 is 23.9 Å². The number of rotatable bonds is 8. The third-order valence-corrected chi connectivity index (χ3v) is 5.94. The molecule has 0 bridgehead atoms. The normalized spacial score (nSPS) is 10.9. The molecule has 39 heavy (non-hydrogen) atoms. The van der Waals surface area contributed by atoms with E-state index in [1.54, 1.807) is 84.9 Å². The van der Waals surface area contributed by atoms with Gasteiger partial charge in [-0.3, -0.25) is 4.79 Å². The summed E-state index contributed by atoms with van der Waals surface area (Å²) in [5.74, 6) is -0.958. The van der Waals surface area contributed by atoms with Gasteiger partial charge in [0.2, 0.25) is 0 Å². The number of nitrogens with one attached hydrogen (secondary N) is 1. The van der Waals surface area contributed by atoms with Crippen molar-refractivity contribution in [3.05, 3.63) is 135 Å². The van der Waals surface area contributed by atoms with Crippen molar-refractivity contribution in [2.75, 3.05) is 0 Å². The number of aryl methyl sites for hydroxylation is 1. The number of ether oxygens (including phenoxy) is 2. The van der Waals surface area contributed by atoms with Gasteiger partial charge in [-0.1, -0.05) is 64.0 Å². The van der Waals surface area contributed by atoms with Crippen LogP contribution in [0.15, 0.2) is 113 Å². The Morgan fingerprint density at radius 3 is 2.03 bits per heavy atom. The molecule has 0 fully saturated rings. The van der Waals surface area contributed by atoms with Crippen molar-refractivity contribution in [1.82, 2.24) is 5.43 Å². The summed E-state index contributed by atoms with van der Waals surface area (Å²) in [6, 6.07) is 27.5. The molecule has 0 spiro atoms. The van der Waals surface area contributed by atoms with E-state index < -0.39 is 11.9 Å². The number of hydrazone groups is 1. The fourth-order valence-corrected chi connectivity index (χ4v) is 3.63. The molecule has 4 aromatic rings. The van der Waals surface area contributed by atoms with Gasteiger partial charge in [0.25, 0.3) is 5.91 Å². The zero-order chi connectivity index (χ0) is 27.6. The van der Waals surface area contributed by atoms with E-state index in [0.717, 1.165) is 10.0 Å². The van der Waals surface area contributed by atoms with E-state index in [4.69, 9.17) is 9.47 Å². The zero-order valence-corrected chi connectivity index (χ0v) is 22.4. The maximum absolute atomic E-state index is 12.6. The van der Waals surface area contributed by atoms with Crippen LogP contribution in [0.25, 0.3) is 6.08 Å². The minimum atomic E-state index is -0.644. The highest BCUT2D eigenvalue weighted by molar-refractivity contribution is 9.10. The lowest BCUT2D eigenvalue weighted by atomic mass is 10.1. The first kappa shape index (κ1) is 27.2. The van der Waals surface area contributed by atoms with Crippen LogP contribution in [0.3, 0.4) is 0 Å². The molecule has 0 aliphatic rings. The van der Waals surface area contributed by atoms with Crippen molar-refractivity contribution in [3.63, 3.8) is 0 Å². The maximum Gasteiger partial charge on any atom is 0.343 e. The fourth-order valence-electron chi connectivity index (χ4n) is 3.37. The largest absolute Gasteiger partial charge is 0.423 e. The lowest BCUT2D eigenvalue weighted by Crippen LogP contribution is -2.17. The van der Waals surface area contributed by atoms with E-state index in [-0.39, 0.29) is 11.7 Å². The second kappa shape index (κ2) is 13.1. The Morgan fingerprint density at radius 2 is 1.33 bits per heavy atom. The van der Waals surface area contributed by atoms with Crippen molar-refractivity contribution in [2.24, 2.45) is 5.10 Å². The molecule has 1 N–H and O–H groups in total. The molecule has 0 atom stereocenters. The molecule has 7 nitrogen and oxygen atoms in total. The van der Waals surface area contributed by atoms with Gasteiger partial charge >= 0.3 is 11.9 Å². The second-order valence-corrected chi connectivity index (χ2v) is 9.21. The summed E-state index contributed by atoms with van der Waals surface area (Å²) in [4.78, 5) is 37.4. The number of amides is 1. The van der Waals surface area contributed by atoms with Gasteiger partial charge in [0.15, 0.2) is 0 Å². The van der Waals surface area contributed by atoms with Gasteiger partial charge in [0.1, 0.15) is 11.5 Å². The van der Waals surface area contributed by atoms with E-state index in [9.17, 15) is 14.4 Å². The third kappa shape index (κ3) is 7.83. The molecule has 4 rings (SSSR count). The Kier molecular flexibility index (Phi) is 9.16. The number of hydrogen-bond acceptors (Lipinski definition) is 6. The standard InChI is InChI=1S/C31H23BrN2O5/c1-21-10-12-24(13-11-21)31(37)39-27-8-4-2-6-22(27)16-19-29(35)38-28-9-5-3-7-25(28)20-33-34-30(36)23-14-17-26(32)18-15-23/h2-20H,1H3,(H,34,36)/b19-16+,33-20+. The monoisotopic (exact) mass is 582 g/mol. The topological polar surface area (TPSA) is 94.1 Å². The van der Waals surface area contributed by atoms with Gasteiger partial charge in [-0.25, -0.2) is 15.0 Å². The van der Waals surface area contributed by atoms with Crippen LogP contribution in [0.2, 0.25) is 0 Å². The molecular formula is C31H23BrN2O5. The summed E-state index contributed by atoms with van der Waals surface area (Å²) in [5.41, 5.74) is 5.37. The quantitative estimate of drug-likeness (QED) is 0.0857. The van der Waals surface area contributed by atoms with Crippen molar-refractivity contribution in [1.29, 1.82) is 0 Å². The molecule has 0 saturated heterocycles. The highest BCUT2D eigenvalue weighted by Gasteiger charge is 2.11. The first-order valence-corrected chi connectivity index (χ1v) is 12.6. The minimum absolute atomic E-state index is 0.257. The summed E-state index contributed by atoms with van der Waals surface area (Å²) in [6.07, 6.45) is 4.14. The number of halogens is 1. The SMILES string of the molecule is Cc1ccc(C(=O)Oc2ccccc2/C=C/C(=O)Oc2ccccc2/C=N/NC(=O)c2ccc(Br)cc2)cc1. The van der Waals surface area contributed by atoms with Gasteiger partial charge in [-0.05, 0) is 67.6 Å². The Bertz CT molecular complexity index is 1540. The molecule has 1 amide bonds. The van der Waals surface area contributed by atoms with E-state index >= 15 is 0 Å². The van der Waals surface area contributed by atoms with Crippen LogP contribution in [0, 0.1) is 6.92 Å². The number of nitrogens with zero attached hydrogens (tertiary/aromatic N) is 1. The fraction of sp³-hybridized carbons (Fsp3) is 0.0323. The van der Waals surface area contributed by atoms with Gasteiger partial charge in [-0.15, -0.1) is 0 Å². The van der Waals surface area contributed by atoms with Gasteiger partial charge in [-0.2, -0.15) is 5.10 Å². The first-order chi connectivity index (χ1) is 18.9. The van der Waals surface area contributed by atoms with Crippen LogP contribution in [0.4, 0.5) is 0 Å². The maximum atomic E-state index is 12.6.